The van der Waals surface area contributed by atoms with Crippen LogP contribution in [0.25, 0.3) is 0 Å². The second-order valence-corrected chi connectivity index (χ2v) is 7.73. The number of amides is 2. The lowest BCUT2D eigenvalue weighted by Gasteiger charge is -2.33. The first-order valence-corrected chi connectivity index (χ1v) is 9.86. The molecule has 29 heavy (non-hydrogen) atoms. The van der Waals surface area contributed by atoms with Crippen molar-refractivity contribution in [3.63, 3.8) is 0 Å². The minimum atomic E-state index is -0.918. The summed E-state index contributed by atoms with van der Waals surface area (Å²) in [5, 5.41) is 0. The Kier molecular flexibility index (Phi) is 4.94. The summed E-state index contributed by atoms with van der Waals surface area (Å²) in [4.78, 5) is 30.0. The smallest absolute Gasteiger partial charge is 0.242 e. The molecule has 0 saturated heterocycles. The van der Waals surface area contributed by atoms with Crippen LogP contribution in [-0.2, 0) is 22.6 Å². The molecule has 2 aromatic rings. The van der Waals surface area contributed by atoms with E-state index in [9.17, 15) is 9.59 Å². The second-order valence-electron chi connectivity index (χ2n) is 7.73. The number of ether oxygens (including phenoxy) is 2. The second kappa shape index (κ2) is 7.43. The number of carbonyl (C=O) groups is 2. The van der Waals surface area contributed by atoms with E-state index in [4.69, 9.17) is 9.47 Å². The standard InChI is InChI=1S/C23H26N2O4/c1-24(18-7-5-4-6-8-18)21(26)23(10-11-23)22(27)25-12-9-16-13-19(28-2)20(29-3)14-17(16)15-25/h4-8,13-14H,9-12,15H2,1-3H3. The van der Waals surface area contributed by atoms with Crippen LogP contribution in [0, 0.1) is 5.41 Å². The quantitative estimate of drug-likeness (QED) is 0.732. The van der Waals surface area contributed by atoms with Crippen molar-refractivity contribution in [3.05, 3.63) is 53.6 Å². The monoisotopic (exact) mass is 394 g/mol. The van der Waals surface area contributed by atoms with E-state index in [1.807, 2.05) is 47.4 Å². The maximum atomic E-state index is 13.4. The van der Waals surface area contributed by atoms with E-state index in [0.717, 1.165) is 23.2 Å². The van der Waals surface area contributed by atoms with Gasteiger partial charge in [-0.05, 0) is 54.7 Å². The number of benzene rings is 2. The van der Waals surface area contributed by atoms with Crippen molar-refractivity contribution in [1.29, 1.82) is 0 Å². The van der Waals surface area contributed by atoms with Gasteiger partial charge in [0.15, 0.2) is 11.5 Å². The Morgan fingerprint density at radius 3 is 2.21 bits per heavy atom. The predicted molar refractivity (Wildman–Crippen MR) is 110 cm³/mol. The maximum Gasteiger partial charge on any atom is 0.242 e. The Morgan fingerprint density at radius 1 is 1.00 bits per heavy atom. The lowest BCUT2D eigenvalue weighted by atomic mass is 9.96. The van der Waals surface area contributed by atoms with Gasteiger partial charge in [0, 0.05) is 25.8 Å². The highest BCUT2D eigenvalue weighted by atomic mass is 16.5. The zero-order chi connectivity index (χ0) is 20.6. The number of carbonyl (C=O) groups excluding carboxylic acids is 2. The van der Waals surface area contributed by atoms with Gasteiger partial charge in [0.2, 0.25) is 11.8 Å². The van der Waals surface area contributed by atoms with Crippen molar-refractivity contribution in [2.45, 2.75) is 25.8 Å². The minimum absolute atomic E-state index is 0.0642. The molecule has 0 spiro atoms. The number of nitrogens with zero attached hydrogens (tertiary/aromatic N) is 2. The molecule has 0 unspecified atom stereocenters. The largest absolute Gasteiger partial charge is 0.493 e. The highest BCUT2D eigenvalue weighted by Gasteiger charge is 2.59. The minimum Gasteiger partial charge on any atom is -0.493 e. The molecule has 0 radical (unpaired) electrons. The Balaban J connectivity index is 1.54. The van der Waals surface area contributed by atoms with Crippen LogP contribution in [0.3, 0.4) is 0 Å². The van der Waals surface area contributed by atoms with E-state index in [-0.39, 0.29) is 11.8 Å². The van der Waals surface area contributed by atoms with Gasteiger partial charge >= 0.3 is 0 Å². The summed E-state index contributed by atoms with van der Waals surface area (Å²) in [6.45, 7) is 1.09. The van der Waals surface area contributed by atoms with E-state index < -0.39 is 5.41 Å². The molecule has 0 atom stereocenters. The molecule has 0 bridgehead atoms. The predicted octanol–water partition coefficient (Wildman–Crippen LogP) is 3.03. The van der Waals surface area contributed by atoms with E-state index in [1.165, 1.54) is 0 Å². The van der Waals surface area contributed by atoms with E-state index in [2.05, 4.69) is 0 Å². The third-order valence-electron chi connectivity index (χ3n) is 6.02. The zero-order valence-electron chi connectivity index (χ0n) is 17.1. The summed E-state index contributed by atoms with van der Waals surface area (Å²) in [7, 11) is 4.97. The van der Waals surface area contributed by atoms with Crippen LogP contribution < -0.4 is 14.4 Å². The summed E-state index contributed by atoms with van der Waals surface area (Å²) in [6, 6.07) is 13.4. The number of para-hydroxylation sites is 1. The van der Waals surface area contributed by atoms with Crippen molar-refractivity contribution in [1.82, 2.24) is 4.90 Å². The van der Waals surface area contributed by atoms with Crippen LogP contribution in [-0.4, -0.2) is 44.5 Å². The molecule has 4 rings (SSSR count). The SMILES string of the molecule is COc1cc2c(cc1OC)CN(C(=O)C1(C(=O)N(C)c3ccccc3)CC1)CC2. The summed E-state index contributed by atoms with van der Waals surface area (Å²) in [6.07, 6.45) is 1.95. The topological polar surface area (TPSA) is 59.1 Å². The van der Waals surface area contributed by atoms with Crippen molar-refractivity contribution in [2.24, 2.45) is 5.41 Å². The number of methoxy groups -OCH3 is 2. The molecule has 1 aliphatic carbocycles. The summed E-state index contributed by atoms with van der Waals surface area (Å²) >= 11 is 0. The highest BCUT2D eigenvalue weighted by molar-refractivity contribution is 6.13. The van der Waals surface area contributed by atoms with Crippen LogP contribution in [0.1, 0.15) is 24.0 Å². The Labute approximate surface area is 171 Å². The lowest BCUT2D eigenvalue weighted by Crippen LogP contribution is -2.47. The van der Waals surface area contributed by atoms with Crippen LogP contribution in [0.15, 0.2) is 42.5 Å². The van der Waals surface area contributed by atoms with Crippen LogP contribution in [0.5, 0.6) is 11.5 Å². The summed E-state index contributed by atoms with van der Waals surface area (Å²) in [5.74, 6) is 1.17. The third kappa shape index (κ3) is 3.33. The Morgan fingerprint density at radius 2 is 1.62 bits per heavy atom. The molecule has 1 heterocycles. The fourth-order valence-electron chi connectivity index (χ4n) is 4.09. The first-order chi connectivity index (χ1) is 14.0. The average Bonchev–Trinajstić information content (AvgIpc) is 3.58. The molecule has 1 saturated carbocycles. The van der Waals surface area contributed by atoms with Gasteiger partial charge in [0.25, 0.3) is 0 Å². The molecular formula is C23H26N2O4. The third-order valence-corrected chi connectivity index (χ3v) is 6.02. The maximum absolute atomic E-state index is 13.4. The molecule has 0 N–H and O–H groups in total. The zero-order valence-corrected chi connectivity index (χ0v) is 17.1. The average molecular weight is 394 g/mol. The van der Waals surface area contributed by atoms with Crippen LogP contribution in [0.4, 0.5) is 5.69 Å². The van der Waals surface area contributed by atoms with Crippen molar-refractivity contribution in [3.8, 4) is 11.5 Å². The molecule has 1 fully saturated rings. The fraction of sp³-hybridized carbons (Fsp3) is 0.391. The van der Waals surface area contributed by atoms with Gasteiger partial charge in [-0.2, -0.15) is 0 Å². The van der Waals surface area contributed by atoms with Gasteiger partial charge < -0.3 is 19.3 Å². The van der Waals surface area contributed by atoms with Gasteiger partial charge in [-0.15, -0.1) is 0 Å². The molecule has 1 aliphatic heterocycles. The van der Waals surface area contributed by atoms with E-state index >= 15 is 0 Å². The molecule has 2 amide bonds. The first-order valence-electron chi connectivity index (χ1n) is 9.86. The number of anilines is 1. The Hall–Kier alpha value is -3.02. The molecular weight excluding hydrogens is 368 g/mol. The van der Waals surface area contributed by atoms with Crippen LogP contribution in [0.2, 0.25) is 0 Å². The molecule has 6 nitrogen and oxygen atoms in total. The number of fused-ring (bicyclic) bond motifs is 1. The summed E-state index contributed by atoms with van der Waals surface area (Å²) < 4.78 is 10.8. The molecule has 0 aromatic heterocycles. The normalized spacial score (nSPS) is 16.6. The van der Waals surface area contributed by atoms with Crippen molar-refractivity contribution >= 4 is 17.5 Å². The Bertz CT molecular complexity index is 937. The van der Waals surface area contributed by atoms with Gasteiger partial charge in [0.05, 0.1) is 14.2 Å². The van der Waals surface area contributed by atoms with E-state index in [1.54, 1.807) is 26.2 Å². The molecule has 2 aromatic carbocycles. The van der Waals surface area contributed by atoms with Gasteiger partial charge in [0.1, 0.15) is 5.41 Å². The highest BCUT2D eigenvalue weighted by Crippen LogP contribution is 2.50. The van der Waals surface area contributed by atoms with Gasteiger partial charge in [-0.1, -0.05) is 18.2 Å². The number of rotatable bonds is 5. The molecule has 6 heteroatoms. The molecule has 2 aliphatic rings. The lowest BCUT2D eigenvalue weighted by molar-refractivity contribution is -0.143. The van der Waals surface area contributed by atoms with Gasteiger partial charge in [-0.25, -0.2) is 0 Å². The van der Waals surface area contributed by atoms with E-state index in [0.29, 0.717) is 37.4 Å². The fourth-order valence-corrected chi connectivity index (χ4v) is 4.09. The molecule has 152 valence electrons. The van der Waals surface area contributed by atoms with Crippen molar-refractivity contribution < 1.29 is 19.1 Å². The number of hydrogen-bond acceptors (Lipinski definition) is 4. The summed E-state index contributed by atoms with van der Waals surface area (Å²) in [5.41, 5.74) is 2.09. The van der Waals surface area contributed by atoms with Crippen LogP contribution >= 0.6 is 0 Å². The van der Waals surface area contributed by atoms with Gasteiger partial charge in [-0.3, -0.25) is 9.59 Å². The van der Waals surface area contributed by atoms with Crippen molar-refractivity contribution in [2.75, 3.05) is 32.7 Å². The first kappa shape index (κ1) is 19.3. The number of hydrogen-bond donors (Lipinski definition) is 0.